The van der Waals surface area contributed by atoms with E-state index in [4.69, 9.17) is 9.84 Å². The van der Waals surface area contributed by atoms with Crippen LogP contribution in [0.3, 0.4) is 0 Å². The van der Waals surface area contributed by atoms with Gasteiger partial charge in [0, 0.05) is 18.7 Å². The molecule has 5 heteroatoms. The molecule has 0 heterocycles. The molecule has 0 spiro atoms. The van der Waals surface area contributed by atoms with Crippen molar-refractivity contribution in [2.75, 3.05) is 26.4 Å². The van der Waals surface area contributed by atoms with E-state index < -0.39 is 0 Å². The second-order valence-electron chi connectivity index (χ2n) is 3.94. The van der Waals surface area contributed by atoms with Crippen LogP contribution in [0.2, 0.25) is 0 Å². The fraction of sp³-hybridized carbons (Fsp3) is 0.462. The van der Waals surface area contributed by atoms with Gasteiger partial charge >= 0.3 is 0 Å². The molecule has 0 saturated carbocycles. The van der Waals surface area contributed by atoms with E-state index >= 15 is 0 Å². The van der Waals surface area contributed by atoms with Gasteiger partial charge in [0.05, 0.1) is 13.2 Å². The number of phenolic OH excluding ortho intramolecular Hbond substituents is 1. The first-order valence-corrected chi connectivity index (χ1v) is 5.91. The number of amides is 1. The molecular weight excluding hydrogens is 234 g/mol. The van der Waals surface area contributed by atoms with E-state index in [-0.39, 0.29) is 18.3 Å². The van der Waals surface area contributed by atoms with Crippen LogP contribution in [0.25, 0.3) is 0 Å². The van der Waals surface area contributed by atoms with E-state index in [2.05, 4.69) is 5.32 Å². The van der Waals surface area contributed by atoms with Crippen molar-refractivity contribution in [2.24, 2.45) is 0 Å². The summed E-state index contributed by atoms with van der Waals surface area (Å²) in [5.41, 5.74) is 1.30. The Morgan fingerprint density at radius 3 is 2.83 bits per heavy atom. The standard InChI is InChI=1S/C13H19NO4/c1-10-9-11(16)3-4-12(10)13(17)14-5-2-7-18-8-6-15/h3-4,9,15-16H,2,5-8H2,1H3,(H,14,17). The molecule has 1 amide bonds. The normalized spacial score (nSPS) is 10.3. The fourth-order valence-corrected chi connectivity index (χ4v) is 1.54. The minimum atomic E-state index is -0.158. The third-order valence-electron chi connectivity index (χ3n) is 2.44. The van der Waals surface area contributed by atoms with E-state index in [0.29, 0.717) is 31.7 Å². The molecule has 0 fully saturated rings. The molecule has 3 N–H and O–H groups in total. The second-order valence-corrected chi connectivity index (χ2v) is 3.94. The monoisotopic (exact) mass is 253 g/mol. The minimum absolute atomic E-state index is 0.0130. The number of aliphatic hydroxyl groups is 1. The number of aromatic hydroxyl groups is 1. The predicted molar refractivity (Wildman–Crippen MR) is 67.7 cm³/mol. The molecule has 1 aromatic rings. The van der Waals surface area contributed by atoms with Crippen molar-refractivity contribution in [3.8, 4) is 5.75 Å². The highest BCUT2D eigenvalue weighted by Crippen LogP contribution is 2.15. The van der Waals surface area contributed by atoms with Gasteiger partial charge in [-0.1, -0.05) is 0 Å². The van der Waals surface area contributed by atoms with Crippen molar-refractivity contribution in [3.05, 3.63) is 29.3 Å². The maximum Gasteiger partial charge on any atom is 0.251 e. The number of hydrogen-bond donors (Lipinski definition) is 3. The topological polar surface area (TPSA) is 78.8 Å². The van der Waals surface area contributed by atoms with Gasteiger partial charge in [-0.25, -0.2) is 0 Å². The Morgan fingerprint density at radius 1 is 1.39 bits per heavy atom. The number of aryl methyl sites for hydroxylation is 1. The van der Waals surface area contributed by atoms with Crippen LogP contribution in [0.5, 0.6) is 5.75 Å². The highest BCUT2D eigenvalue weighted by molar-refractivity contribution is 5.95. The molecule has 1 aromatic carbocycles. The summed E-state index contributed by atoms with van der Waals surface area (Å²) >= 11 is 0. The van der Waals surface area contributed by atoms with Gasteiger partial charge in [0.15, 0.2) is 0 Å². The van der Waals surface area contributed by atoms with Crippen LogP contribution in [-0.4, -0.2) is 42.5 Å². The number of nitrogens with one attached hydrogen (secondary N) is 1. The average molecular weight is 253 g/mol. The van der Waals surface area contributed by atoms with Gasteiger partial charge in [0.1, 0.15) is 5.75 Å². The van der Waals surface area contributed by atoms with Gasteiger partial charge < -0.3 is 20.3 Å². The van der Waals surface area contributed by atoms with Gasteiger partial charge in [-0.05, 0) is 37.1 Å². The van der Waals surface area contributed by atoms with Gasteiger partial charge in [-0.3, -0.25) is 4.79 Å². The van der Waals surface area contributed by atoms with Crippen molar-refractivity contribution in [3.63, 3.8) is 0 Å². The van der Waals surface area contributed by atoms with E-state index in [1.54, 1.807) is 19.1 Å². The smallest absolute Gasteiger partial charge is 0.251 e. The van der Waals surface area contributed by atoms with E-state index in [1.807, 2.05) is 0 Å². The quantitative estimate of drug-likeness (QED) is 0.629. The summed E-state index contributed by atoms with van der Waals surface area (Å²) in [6.07, 6.45) is 0.697. The number of benzene rings is 1. The molecule has 0 bridgehead atoms. The maximum absolute atomic E-state index is 11.8. The van der Waals surface area contributed by atoms with E-state index in [9.17, 15) is 9.90 Å². The molecule has 1 rings (SSSR count). The van der Waals surface area contributed by atoms with E-state index in [0.717, 1.165) is 5.56 Å². The molecule has 0 unspecified atom stereocenters. The summed E-state index contributed by atoms with van der Waals surface area (Å²) in [6.45, 7) is 3.14. The number of phenols is 1. The Balaban J connectivity index is 2.32. The zero-order chi connectivity index (χ0) is 13.4. The lowest BCUT2D eigenvalue weighted by Crippen LogP contribution is -2.26. The lowest BCUT2D eigenvalue weighted by molar-refractivity contribution is 0.0867. The molecule has 0 atom stereocenters. The van der Waals surface area contributed by atoms with Crippen LogP contribution >= 0.6 is 0 Å². The lowest BCUT2D eigenvalue weighted by Gasteiger charge is -2.08. The minimum Gasteiger partial charge on any atom is -0.508 e. The van der Waals surface area contributed by atoms with Crippen molar-refractivity contribution in [1.29, 1.82) is 0 Å². The van der Waals surface area contributed by atoms with Crippen LogP contribution in [0.15, 0.2) is 18.2 Å². The summed E-state index contributed by atoms with van der Waals surface area (Å²) in [6, 6.07) is 4.65. The summed E-state index contributed by atoms with van der Waals surface area (Å²) < 4.78 is 5.08. The largest absolute Gasteiger partial charge is 0.508 e. The lowest BCUT2D eigenvalue weighted by atomic mass is 10.1. The van der Waals surface area contributed by atoms with Gasteiger partial charge in [-0.15, -0.1) is 0 Å². The second kappa shape index (κ2) is 7.68. The average Bonchev–Trinajstić information content (AvgIpc) is 2.33. The molecule has 100 valence electrons. The van der Waals surface area contributed by atoms with Crippen LogP contribution in [0, 0.1) is 6.92 Å². The van der Waals surface area contributed by atoms with Crippen molar-refractivity contribution >= 4 is 5.91 Å². The molecule has 0 aliphatic heterocycles. The summed E-state index contributed by atoms with van der Waals surface area (Å²) in [4.78, 5) is 11.8. The Bertz CT molecular complexity index is 393. The molecule has 0 saturated heterocycles. The van der Waals surface area contributed by atoms with Gasteiger partial charge in [0.2, 0.25) is 0 Å². The SMILES string of the molecule is Cc1cc(O)ccc1C(=O)NCCCOCCO. The fourth-order valence-electron chi connectivity index (χ4n) is 1.54. The van der Waals surface area contributed by atoms with Crippen molar-refractivity contribution < 1.29 is 19.7 Å². The number of carbonyl (C=O) groups is 1. The Kier molecular flexibility index (Phi) is 6.18. The molecule has 0 aliphatic rings. The molecule has 5 nitrogen and oxygen atoms in total. The summed E-state index contributed by atoms with van der Waals surface area (Å²) in [5, 5.41) is 20.5. The molecule has 0 radical (unpaired) electrons. The van der Waals surface area contributed by atoms with Crippen LogP contribution in [0.4, 0.5) is 0 Å². The third-order valence-corrected chi connectivity index (χ3v) is 2.44. The van der Waals surface area contributed by atoms with Crippen LogP contribution in [-0.2, 0) is 4.74 Å². The van der Waals surface area contributed by atoms with Gasteiger partial charge in [-0.2, -0.15) is 0 Å². The zero-order valence-corrected chi connectivity index (χ0v) is 10.5. The Labute approximate surface area is 106 Å². The predicted octanol–water partition coefficient (Wildman–Crippen LogP) is 0.829. The molecule has 0 aliphatic carbocycles. The highest BCUT2D eigenvalue weighted by Gasteiger charge is 2.08. The molecular formula is C13H19NO4. The first-order valence-electron chi connectivity index (χ1n) is 5.91. The first kappa shape index (κ1) is 14.5. The number of carbonyl (C=O) groups excluding carboxylic acids is 1. The maximum atomic E-state index is 11.8. The number of rotatable bonds is 7. The van der Waals surface area contributed by atoms with Crippen molar-refractivity contribution in [2.45, 2.75) is 13.3 Å². The first-order chi connectivity index (χ1) is 8.65. The van der Waals surface area contributed by atoms with Crippen LogP contribution in [0.1, 0.15) is 22.3 Å². The summed E-state index contributed by atoms with van der Waals surface area (Å²) in [7, 11) is 0. The third kappa shape index (κ3) is 4.73. The Morgan fingerprint density at radius 2 is 2.17 bits per heavy atom. The zero-order valence-electron chi connectivity index (χ0n) is 10.5. The highest BCUT2D eigenvalue weighted by atomic mass is 16.5. The number of aliphatic hydroxyl groups excluding tert-OH is 1. The number of ether oxygens (including phenoxy) is 1. The van der Waals surface area contributed by atoms with Crippen molar-refractivity contribution in [1.82, 2.24) is 5.32 Å². The van der Waals surface area contributed by atoms with Crippen LogP contribution < -0.4 is 5.32 Å². The molecule has 0 aromatic heterocycles. The summed E-state index contributed by atoms with van der Waals surface area (Å²) in [5.74, 6) is -0.00360. The van der Waals surface area contributed by atoms with E-state index in [1.165, 1.54) is 6.07 Å². The molecule has 18 heavy (non-hydrogen) atoms. The number of hydrogen-bond acceptors (Lipinski definition) is 4. The Hall–Kier alpha value is -1.59. The van der Waals surface area contributed by atoms with Gasteiger partial charge in [0.25, 0.3) is 5.91 Å².